The number of rotatable bonds is 6. The fraction of sp³-hybridized carbons (Fsp3) is 0.471. The maximum atomic E-state index is 4.80. The Kier molecular flexibility index (Phi) is 5.39. The van der Waals surface area contributed by atoms with Crippen LogP contribution in [-0.4, -0.2) is 28.5 Å². The minimum atomic E-state index is 0.808. The van der Waals surface area contributed by atoms with Gasteiger partial charge < -0.3 is 5.32 Å². The average Bonchev–Trinajstić information content (AvgIpc) is 2.52. The summed E-state index contributed by atoms with van der Waals surface area (Å²) in [4.78, 5) is 13.8. The van der Waals surface area contributed by atoms with Gasteiger partial charge in [-0.1, -0.05) is 13.8 Å². The molecule has 0 radical (unpaired) electrons. The maximum absolute atomic E-state index is 4.80. The first-order chi connectivity index (χ1) is 10.2. The third kappa shape index (κ3) is 3.45. The molecule has 21 heavy (non-hydrogen) atoms. The van der Waals surface area contributed by atoms with Gasteiger partial charge in [0.15, 0.2) is 5.82 Å². The zero-order chi connectivity index (χ0) is 15.2. The largest absolute Gasteiger partial charge is 0.319 e. The summed E-state index contributed by atoms with van der Waals surface area (Å²) in [5.41, 5.74) is 5.82. The van der Waals surface area contributed by atoms with Gasteiger partial charge in [0, 0.05) is 29.3 Å². The van der Waals surface area contributed by atoms with E-state index in [1.165, 1.54) is 5.56 Å². The predicted octanol–water partition coefficient (Wildman–Crippen LogP) is 2.73. The Labute approximate surface area is 127 Å². The first kappa shape index (κ1) is 15.6. The van der Waals surface area contributed by atoms with Gasteiger partial charge in [-0.2, -0.15) is 0 Å². The van der Waals surface area contributed by atoms with E-state index in [2.05, 4.69) is 31.1 Å². The van der Waals surface area contributed by atoms with Crippen LogP contribution in [0.4, 0.5) is 0 Å². The van der Waals surface area contributed by atoms with E-state index >= 15 is 0 Å². The number of aromatic nitrogens is 3. The number of hydrogen-bond donors (Lipinski definition) is 1. The number of nitrogens with zero attached hydrogens (tertiary/aromatic N) is 3. The molecular formula is C17H24N4. The van der Waals surface area contributed by atoms with E-state index < -0.39 is 0 Å². The van der Waals surface area contributed by atoms with Gasteiger partial charge in [-0.15, -0.1) is 0 Å². The molecule has 0 aliphatic heterocycles. The molecule has 2 heterocycles. The highest BCUT2D eigenvalue weighted by molar-refractivity contribution is 5.59. The minimum Gasteiger partial charge on any atom is -0.319 e. The van der Waals surface area contributed by atoms with Crippen molar-refractivity contribution in [1.29, 1.82) is 0 Å². The van der Waals surface area contributed by atoms with E-state index in [9.17, 15) is 0 Å². The van der Waals surface area contributed by atoms with Crippen molar-refractivity contribution in [3.8, 4) is 11.4 Å². The van der Waals surface area contributed by atoms with Crippen LogP contribution in [0.15, 0.2) is 18.5 Å². The molecule has 112 valence electrons. The quantitative estimate of drug-likeness (QED) is 0.886. The van der Waals surface area contributed by atoms with Gasteiger partial charge in [0.1, 0.15) is 0 Å². The van der Waals surface area contributed by atoms with Gasteiger partial charge >= 0.3 is 0 Å². The molecule has 4 heteroatoms. The standard InChI is InChI=1S/C17H24N4/c1-5-15-13(8-9-18-4)16(6-2)21-17(20-15)14-11-19-10-7-12(14)3/h7,10-11,18H,5-6,8-9H2,1-4H3. The first-order valence-electron chi connectivity index (χ1n) is 7.65. The molecule has 0 bridgehead atoms. The lowest BCUT2D eigenvalue weighted by Gasteiger charge is -2.14. The molecule has 2 rings (SSSR count). The molecule has 0 unspecified atom stereocenters. The molecule has 0 amide bonds. The molecular weight excluding hydrogens is 260 g/mol. The summed E-state index contributed by atoms with van der Waals surface area (Å²) in [6, 6.07) is 2.00. The monoisotopic (exact) mass is 284 g/mol. The van der Waals surface area contributed by atoms with E-state index in [0.717, 1.165) is 54.1 Å². The van der Waals surface area contributed by atoms with Gasteiger partial charge in [-0.3, -0.25) is 4.98 Å². The molecule has 2 aromatic heterocycles. The highest BCUT2D eigenvalue weighted by atomic mass is 14.9. The molecule has 0 aliphatic rings. The van der Waals surface area contributed by atoms with Crippen LogP contribution >= 0.6 is 0 Å². The van der Waals surface area contributed by atoms with Crippen molar-refractivity contribution >= 4 is 0 Å². The van der Waals surface area contributed by atoms with Crippen molar-refractivity contribution in [2.75, 3.05) is 13.6 Å². The Hall–Kier alpha value is -1.81. The lowest BCUT2D eigenvalue weighted by Crippen LogP contribution is -2.15. The molecule has 0 fully saturated rings. The Morgan fingerprint density at radius 1 is 1.10 bits per heavy atom. The van der Waals surface area contributed by atoms with Crippen molar-refractivity contribution in [2.24, 2.45) is 0 Å². The lowest BCUT2D eigenvalue weighted by atomic mass is 10.0. The van der Waals surface area contributed by atoms with Gasteiger partial charge in [0.05, 0.1) is 0 Å². The molecule has 0 saturated carbocycles. The number of nitrogens with one attached hydrogen (secondary N) is 1. The molecule has 0 spiro atoms. The number of hydrogen-bond acceptors (Lipinski definition) is 4. The zero-order valence-electron chi connectivity index (χ0n) is 13.4. The molecule has 0 saturated heterocycles. The highest BCUT2D eigenvalue weighted by Gasteiger charge is 2.14. The van der Waals surface area contributed by atoms with Crippen LogP contribution in [0.2, 0.25) is 0 Å². The smallest absolute Gasteiger partial charge is 0.161 e. The normalized spacial score (nSPS) is 10.9. The van der Waals surface area contributed by atoms with Crippen molar-refractivity contribution in [3.63, 3.8) is 0 Å². The van der Waals surface area contributed by atoms with E-state index in [1.54, 1.807) is 0 Å². The number of aryl methyl sites for hydroxylation is 3. The minimum absolute atomic E-state index is 0.808. The number of pyridine rings is 1. The lowest BCUT2D eigenvalue weighted by molar-refractivity contribution is 0.760. The summed E-state index contributed by atoms with van der Waals surface area (Å²) in [6.45, 7) is 7.34. The van der Waals surface area contributed by atoms with E-state index in [1.807, 2.05) is 25.5 Å². The topological polar surface area (TPSA) is 50.7 Å². The summed E-state index contributed by atoms with van der Waals surface area (Å²) < 4.78 is 0. The van der Waals surface area contributed by atoms with Gasteiger partial charge in [0.25, 0.3) is 0 Å². The van der Waals surface area contributed by atoms with E-state index in [-0.39, 0.29) is 0 Å². The average molecular weight is 284 g/mol. The van der Waals surface area contributed by atoms with Crippen LogP contribution in [0.3, 0.4) is 0 Å². The van der Waals surface area contributed by atoms with Crippen LogP contribution in [-0.2, 0) is 19.3 Å². The fourth-order valence-electron chi connectivity index (χ4n) is 2.52. The highest BCUT2D eigenvalue weighted by Crippen LogP contribution is 2.22. The third-order valence-electron chi connectivity index (χ3n) is 3.75. The summed E-state index contributed by atoms with van der Waals surface area (Å²) >= 11 is 0. The van der Waals surface area contributed by atoms with Crippen LogP contribution in [0, 0.1) is 6.92 Å². The molecule has 1 N–H and O–H groups in total. The molecule has 2 aromatic rings. The second-order valence-corrected chi connectivity index (χ2v) is 5.17. The second kappa shape index (κ2) is 7.27. The SMILES string of the molecule is CCc1nc(-c2cnccc2C)nc(CC)c1CCNC. The van der Waals surface area contributed by atoms with Crippen molar-refractivity contribution in [1.82, 2.24) is 20.3 Å². The van der Waals surface area contributed by atoms with Crippen molar-refractivity contribution < 1.29 is 0 Å². The number of likely N-dealkylation sites (N-methyl/N-ethyl adjacent to an activating group) is 1. The van der Waals surface area contributed by atoms with E-state index in [4.69, 9.17) is 9.97 Å². The Morgan fingerprint density at radius 2 is 1.76 bits per heavy atom. The summed E-state index contributed by atoms with van der Waals surface area (Å²) in [7, 11) is 1.98. The molecule has 0 aliphatic carbocycles. The summed E-state index contributed by atoms with van der Waals surface area (Å²) in [5, 5.41) is 3.21. The van der Waals surface area contributed by atoms with Crippen LogP contribution in [0.5, 0.6) is 0 Å². The van der Waals surface area contributed by atoms with Crippen LogP contribution in [0.1, 0.15) is 36.4 Å². The Bertz CT molecular complexity index is 582. The molecule has 0 aromatic carbocycles. The third-order valence-corrected chi connectivity index (χ3v) is 3.75. The summed E-state index contributed by atoms with van der Waals surface area (Å²) in [5.74, 6) is 0.808. The van der Waals surface area contributed by atoms with Crippen molar-refractivity contribution in [3.05, 3.63) is 41.0 Å². The predicted molar refractivity (Wildman–Crippen MR) is 86.4 cm³/mol. The Morgan fingerprint density at radius 3 is 2.29 bits per heavy atom. The van der Waals surface area contributed by atoms with Gasteiger partial charge in [-0.05, 0) is 57.0 Å². The first-order valence-corrected chi connectivity index (χ1v) is 7.65. The zero-order valence-corrected chi connectivity index (χ0v) is 13.4. The van der Waals surface area contributed by atoms with Crippen LogP contribution < -0.4 is 5.32 Å². The van der Waals surface area contributed by atoms with E-state index in [0.29, 0.717) is 0 Å². The second-order valence-electron chi connectivity index (χ2n) is 5.17. The van der Waals surface area contributed by atoms with Gasteiger partial charge in [-0.25, -0.2) is 9.97 Å². The fourth-order valence-corrected chi connectivity index (χ4v) is 2.52. The summed E-state index contributed by atoms with van der Waals surface area (Å²) in [6.07, 6.45) is 6.51. The molecule has 4 nitrogen and oxygen atoms in total. The van der Waals surface area contributed by atoms with Gasteiger partial charge in [0.2, 0.25) is 0 Å². The Balaban J connectivity index is 2.52. The maximum Gasteiger partial charge on any atom is 0.161 e. The molecule has 0 atom stereocenters. The van der Waals surface area contributed by atoms with Crippen molar-refractivity contribution in [2.45, 2.75) is 40.0 Å². The van der Waals surface area contributed by atoms with Crippen LogP contribution in [0.25, 0.3) is 11.4 Å².